The molecule has 2 heterocycles. The van der Waals surface area contributed by atoms with Crippen molar-refractivity contribution in [3.8, 4) is 17.2 Å². The van der Waals surface area contributed by atoms with E-state index in [1.807, 2.05) is 43.0 Å². The van der Waals surface area contributed by atoms with Crippen molar-refractivity contribution in [3.63, 3.8) is 0 Å². The molecule has 0 aliphatic rings. The monoisotopic (exact) mass is 446 g/mol. The fraction of sp³-hybridized carbons (Fsp3) is 0.185. The molecule has 2 aromatic carbocycles. The standard InChI is InChI=1S/C27H26N2O2.ClH/c1-30-26-11-8-24(5-4-23-14-18-29-19-15-23)20-27(26)31-25-9-6-21(7-10-25)2-3-22-12-16-28-17-13-22;/h6-20H,2-5H2,1H3;1H. The fourth-order valence-electron chi connectivity index (χ4n) is 3.48. The van der Waals surface area contributed by atoms with Crippen molar-refractivity contribution < 1.29 is 9.47 Å². The van der Waals surface area contributed by atoms with Gasteiger partial charge in [0, 0.05) is 24.8 Å². The minimum atomic E-state index is 0. The first-order valence-corrected chi connectivity index (χ1v) is 10.5. The lowest BCUT2D eigenvalue weighted by Gasteiger charge is -2.13. The second kappa shape index (κ2) is 11.9. The summed E-state index contributed by atoms with van der Waals surface area (Å²) in [5.41, 5.74) is 5.06. The molecule has 0 N–H and O–H groups in total. The average molecular weight is 447 g/mol. The number of aromatic nitrogens is 2. The van der Waals surface area contributed by atoms with Crippen molar-refractivity contribution in [1.82, 2.24) is 9.97 Å². The lowest BCUT2D eigenvalue weighted by molar-refractivity contribution is 0.378. The highest BCUT2D eigenvalue weighted by Crippen LogP contribution is 2.33. The molecular weight excluding hydrogens is 420 g/mol. The van der Waals surface area contributed by atoms with E-state index in [-0.39, 0.29) is 12.4 Å². The molecular formula is C27H27ClN2O2. The van der Waals surface area contributed by atoms with E-state index in [0.29, 0.717) is 0 Å². The number of aryl methyl sites for hydroxylation is 4. The van der Waals surface area contributed by atoms with Crippen LogP contribution in [-0.4, -0.2) is 17.1 Å². The van der Waals surface area contributed by atoms with Gasteiger partial charge >= 0.3 is 0 Å². The number of hydrogen-bond donors (Lipinski definition) is 0. The molecule has 5 heteroatoms. The summed E-state index contributed by atoms with van der Waals surface area (Å²) in [6.07, 6.45) is 11.2. The van der Waals surface area contributed by atoms with Gasteiger partial charge in [0.1, 0.15) is 5.75 Å². The highest BCUT2D eigenvalue weighted by molar-refractivity contribution is 5.85. The van der Waals surface area contributed by atoms with Gasteiger partial charge in [-0.3, -0.25) is 9.97 Å². The summed E-state index contributed by atoms with van der Waals surface area (Å²) in [4.78, 5) is 8.15. The summed E-state index contributed by atoms with van der Waals surface area (Å²) in [6.45, 7) is 0. The van der Waals surface area contributed by atoms with E-state index in [0.717, 1.165) is 42.9 Å². The molecule has 4 nitrogen and oxygen atoms in total. The largest absolute Gasteiger partial charge is 0.493 e. The zero-order valence-electron chi connectivity index (χ0n) is 18.1. The smallest absolute Gasteiger partial charge is 0.169 e. The Bertz CT molecular complexity index is 1090. The van der Waals surface area contributed by atoms with Gasteiger partial charge in [-0.2, -0.15) is 0 Å². The number of halogens is 1. The Morgan fingerprint density at radius 1 is 0.562 bits per heavy atom. The molecule has 32 heavy (non-hydrogen) atoms. The van der Waals surface area contributed by atoms with Crippen LogP contribution in [0.2, 0.25) is 0 Å². The molecule has 0 aliphatic heterocycles. The second-order valence-corrected chi connectivity index (χ2v) is 7.44. The summed E-state index contributed by atoms with van der Waals surface area (Å²) in [5, 5.41) is 0. The topological polar surface area (TPSA) is 44.2 Å². The van der Waals surface area contributed by atoms with Crippen LogP contribution in [0.1, 0.15) is 22.3 Å². The molecule has 0 fully saturated rings. The van der Waals surface area contributed by atoms with Crippen LogP contribution in [0.4, 0.5) is 0 Å². The molecule has 0 spiro atoms. The maximum atomic E-state index is 6.17. The SMILES string of the molecule is COc1ccc(CCc2ccncc2)cc1Oc1ccc(CCc2ccncc2)cc1.Cl. The minimum absolute atomic E-state index is 0. The third kappa shape index (κ3) is 6.56. The molecule has 0 amide bonds. The van der Waals surface area contributed by atoms with Gasteiger partial charge in [0.25, 0.3) is 0 Å². The normalized spacial score (nSPS) is 10.3. The predicted octanol–water partition coefficient (Wildman–Crippen LogP) is 6.27. The van der Waals surface area contributed by atoms with Crippen molar-refractivity contribution in [2.24, 2.45) is 0 Å². The van der Waals surface area contributed by atoms with E-state index in [2.05, 4.69) is 58.5 Å². The third-order valence-corrected chi connectivity index (χ3v) is 5.28. The van der Waals surface area contributed by atoms with Crippen molar-refractivity contribution in [2.45, 2.75) is 25.7 Å². The first-order valence-electron chi connectivity index (χ1n) is 10.5. The van der Waals surface area contributed by atoms with E-state index in [4.69, 9.17) is 9.47 Å². The van der Waals surface area contributed by atoms with Crippen LogP contribution in [-0.2, 0) is 25.7 Å². The van der Waals surface area contributed by atoms with Gasteiger partial charge in [-0.25, -0.2) is 0 Å². The Balaban J connectivity index is 0.00000289. The van der Waals surface area contributed by atoms with Crippen LogP contribution < -0.4 is 9.47 Å². The Morgan fingerprint density at radius 2 is 1.03 bits per heavy atom. The predicted molar refractivity (Wildman–Crippen MR) is 130 cm³/mol. The van der Waals surface area contributed by atoms with Crippen molar-refractivity contribution >= 4 is 12.4 Å². The molecule has 164 valence electrons. The highest BCUT2D eigenvalue weighted by Gasteiger charge is 2.08. The lowest BCUT2D eigenvalue weighted by Crippen LogP contribution is -1.96. The number of rotatable bonds is 9. The van der Waals surface area contributed by atoms with E-state index >= 15 is 0 Å². The van der Waals surface area contributed by atoms with Crippen molar-refractivity contribution in [1.29, 1.82) is 0 Å². The Labute approximate surface area is 195 Å². The number of methoxy groups -OCH3 is 1. The summed E-state index contributed by atoms with van der Waals surface area (Å²) < 4.78 is 11.7. The van der Waals surface area contributed by atoms with E-state index in [1.165, 1.54) is 22.3 Å². The van der Waals surface area contributed by atoms with Gasteiger partial charge < -0.3 is 9.47 Å². The molecule has 2 aromatic heterocycles. The van der Waals surface area contributed by atoms with Gasteiger partial charge in [-0.15, -0.1) is 12.4 Å². The Hall–Kier alpha value is -3.37. The van der Waals surface area contributed by atoms with Gasteiger partial charge in [-0.05, 0) is 96.5 Å². The van der Waals surface area contributed by atoms with E-state index in [1.54, 1.807) is 7.11 Å². The summed E-state index contributed by atoms with van der Waals surface area (Å²) in [5.74, 6) is 2.27. The fourth-order valence-corrected chi connectivity index (χ4v) is 3.48. The van der Waals surface area contributed by atoms with Gasteiger partial charge in [-0.1, -0.05) is 18.2 Å². The minimum Gasteiger partial charge on any atom is -0.493 e. The van der Waals surface area contributed by atoms with Crippen molar-refractivity contribution in [3.05, 3.63) is 114 Å². The lowest BCUT2D eigenvalue weighted by atomic mass is 10.0. The Kier molecular flexibility index (Phi) is 8.64. The molecule has 0 bridgehead atoms. The Morgan fingerprint density at radius 3 is 1.56 bits per heavy atom. The first kappa shape index (κ1) is 23.3. The van der Waals surface area contributed by atoms with Crippen LogP contribution in [0.15, 0.2) is 91.5 Å². The van der Waals surface area contributed by atoms with Gasteiger partial charge in [0.15, 0.2) is 11.5 Å². The molecule has 0 saturated carbocycles. The molecule has 0 atom stereocenters. The van der Waals surface area contributed by atoms with E-state index in [9.17, 15) is 0 Å². The summed E-state index contributed by atoms with van der Waals surface area (Å²) >= 11 is 0. The van der Waals surface area contributed by atoms with Crippen molar-refractivity contribution in [2.75, 3.05) is 7.11 Å². The molecule has 0 radical (unpaired) electrons. The molecule has 0 unspecified atom stereocenters. The second-order valence-electron chi connectivity index (χ2n) is 7.44. The molecule has 0 saturated heterocycles. The van der Waals surface area contributed by atoms with Gasteiger partial charge in [0.05, 0.1) is 7.11 Å². The maximum Gasteiger partial charge on any atom is 0.169 e. The number of ether oxygens (including phenoxy) is 2. The maximum absolute atomic E-state index is 6.17. The van der Waals surface area contributed by atoms with E-state index < -0.39 is 0 Å². The summed E-state index contributed by atoms with van der Waals surface area (Å²) in [7, 11) is 1.67. The van der Waals surface area contributed by atoms with Crippen LogP contribution in [0.3, 0.4) is 0 Å². The average Bonchev–Trinajstić information content (AvgIpc) is 2.84. The summed E-state index contributed by atoms with van der Waals surface area (Å²) in [6, 6.07) is 22.6. The number of pyridine rings is 2. The third-order valence-electron chi connectivity index (χ3n) is 5.28. The van der Waals surface area contributed by atoms with Crippen LogP contribution in [0.25, 0.3) is 0 Å². The number of hydrogen-bond acceptors (Lipinski definition) is 4. The first-order chi connectivity index (χ1) is 15.3. The molecule has 0 aliphatic carbocycles. The van der Waals surface area contributed by atoms with Crippen LogP contribution >= 0.6 is 12.4 Å². The molecule has 4 rings (SSSR count). The van der Waals surface area contributed by atoms with Gasteiger partial charge in [0.2, 0.25) is 0 Å². The number of benzene rings is 2. The number of nitrogens with zero attached hydrogens (tertiary/aromatic N) is 2. The highest BCUT2D eigenvalue weighted by atomic mass is 35.5. The zero-order valence-corrected chi connectivity index (χ0v) is 18.9. The quantitative estimate of drug-likeness (QED) is 0.304. The molecule has 4 aromatic rings. The van der Waals surface area contributed by atoms with Crippen LogP contribution in [0.5, 0.6) is 17.2 Å². The van der Waals surface area contributed by atoms with Crippen LogP contribution in [0, 0.1) is 0 Å². The zero-order chi connectivity index (χ0) is 21.3.